The number of ether oxygens (including phenoxy) is 2. The number of benzene rings is 2. The van der Waals surface area contributed by atoms with E-state index in [9.17, 15) is 22.8 Å². The second kappa shape index (κ2) is 8.62. The van der Waals surface area contributed by atoms with Crippen LogP contribution < -0.4 is 10.3 Å². The molecule has 156 valence electrons. The molecule has 0 atom stereocenters. The van der Waals surface area contributed by atoms with Crippen molar-refractivity contribution in [1.29, 1.82) is 0 Å². The number of esters is 1. The third kappa shape index (κ3) is 4.18. The summed E-state index contributed by atoms with van der Waals surface area (Å²) in [7, 11) is 1.18. The van der Waals surface area contributed by atoms with Crippen LogP contribution in [0.5, 0.6) is 5.75 Å². The standard InChI is InChI=1S/C21H15ClF3NO4/c1-10-17(14-7-11(21(28)29-2)4-6-15(14)24)19(18(22)20(27)26-10)30-9-12-3-5-13(23)8-16(12)25/h3-8H,9H2,1-2H3,(H,26,27). The van der Waals surface area contributed by atoms with Crippen LogP contribution in [0.15, 0.2) is 41.2 Å². The zero-order valence-corrected chi connectivity index (χ0v) is 16.6. The smallest absolute Gasteiger partial charge is 0.337 e. The lowest BCUT2D eigenvalue weighted by Gasteiger charge is -2.17. The van der Waals surface area contributed by atoms with Crippen molar-refractivity contribution < 1.29 is 27.4 Å². The number of aromatic nitrogens is 1. The quantitative estimate of drug-likeness (QED) is 0.583. The molecule has 5 nitrogen and oxygen atoms in total. The van der Waals surface area contributed by atoms with Crippen molar-refractivity contribution in [3.63, 3.8) is 0 Å². The van der Waals surface area contributed by atoms with Crippen LogP contribution in [0.3, 0.4) is 0 Å². The Morgan fingerprint density at radius 1 is 1.10 bits per heavy atom. The molecule has 2 aromatic carbocycles. The lowest BCUT2D eigenvalue weighted by molar-refractivity contribution is 0.0600. The fourth-order valence-corrected chi connectivity index (χ4v) is 3.08. The van der Waals surface area contributed by atoms with E-state index in [0.717, 1.165) is 12.1 Å². The maximum atomic E-state index is 14.6. The first-order chi connectivity index (χ1) is 14.2. The van der Waals surface area contributed by atoms with E-state index in [1.807, 2.05) is 0 Å². The number of hydrogen-bond acceptors (Lipinski definition) is 4. The minimum Gasteiger partial charge on any atom is -0.486 e. The molecular weight excluding hydrogens is 423 g/mol. The number of H-pyrrole nitrogens is 1. The fraction of sp³-hybridized carbons (Fsp3) is 0.143. The second-order valence-corrected chi connectivity index (χ2v) is 6.69. The van der Waals surface area contributed by atoms with Crippen molar-refractivity contribution in [3.05, 3.63) is 86.0 Å². The molecule has 0 amide bonds. The number of aryl methyl sites for hydroxylation is 1. The molecule has 3 rings (SSSR count). The zero-order chi connectivity index (χ0) is 22.0. The number of halogens is 4. The SMILES string of the molecule is COC(=O)c1ccc(F)c(-c2c(C)[nH]c(=O)c(Cl)c2OCc2ccc(F)cc2F)c1. The van der Waals surface area contributed by atoms with Crippen LogP contribution >= 0.6 is 11.6 Å². The van der Waals surface area contributed by atoms with E-state index in [2.05, 4.69) is 9.72 Å². The lowest BCUT2D eigenvalue weighted by Crippen LogP contribution is -2.13. The van der Waals surface area contributed by atoms with Crippen molar-refractivity contribution in [2.45, 2.75) is 13.5 Å². The molecule has 1 aromatic heterocycles. The normalized spacial score (nSPS) is 10.7. The van der Waals surface area contributed by atoms with E-state index in [1.54, 1.807) is 0 Å². The van der Waals surface area contributed by atoms with Crippen LogP contribution in [0.4, 0.5) is 13.2 Å². The molecule has 0 aliphatic rings. The van der Waals surface area contributed by atoms with Crippen molar-refractivity contribution in [2.24, 2.45) is 0 Å². The summed E-state index contributed by atoms with van der Waals surface area (Å²) in [5.74, 6) is -3.23. The predicted molar refractivity (Wildman–Crippen MR) is 104 cm³/mol. The van der Waals surface area contributed by atoms with Crippen molar-refractivity contribution in [3.8, 4) is 16.9 Å². The highest BCUT2D eigenvalue weighted by atomic mass is 35.5. The van der Waals surface area contributed by atoms with Gasteiger partial charge in [-0.1, -0.05) is 11.6 Å². The molecule has 0 bridgehead atoms. The van der Waals surface area contributed by atoms with Gasteiger partial charge in [0.15, 0.2) is 5.75 Å². The highest BCUT2D eigenvalue weighted by molar-refractivity contribution is 6.32. The predicted octanol–water partition coefficient (Wildman–Crippen LogP) is 4.79. The number of nitrogens with one attached hydrogen (secondary N) is 1. The summed E-state index contributed by atoms with van der Waals surface area (Å²) in [5, 5.41) is -0.388. The number of carbonyl (C=O) groups excluding carboxylic acids is 1. The topological polar surface area (TPSA) is 68.4 Å². The molecule has 9 heteroatoms. The van der Waals surface area contributed by atoms with Crippen LogP contribution in [0, 0.1) is 24.4 Å². The van der Waals surface area contributed by atoms with Gasteiger partial charge < -0.3 is 14.5 Å². The van der Waals surface area contributed by atoms with Gasteiger partial charge in [0.2, 0.25) is 0 Å². The molecule has 0 radical (unpaired) electrons. The molecule has 1 heterocycles. The first-order valence-corrected chi connectivity index (χ1v) is 8.98. The second-order valence-electron chi connectivity index (χ2n) is 6.31. The highest BCUT2D eigenvalue weighted by Gasteiger charge is 2.22. The first kappa shape index (κ1) is 21.4. The molecule has 0 spiro atoms. The summed E-state index contributed by atoms with van der Waals surface area (Å²) in [6.07, 6.45) is 0. The van der Waals surface area contributed by atoms with Gasteiger partial charge in [-0.15, -0.1) is 0 Å². The number of aromatic amines is 1. The lowest BCUT2D eigenvalue weighted by atomic mass is 10.00. The van der Waals surface area contributed by atoms with Crippen LogP contribution in [0.2, 0.25) is 5.02 Å². The van der Waals surface area contributed by atoms with Gasteiger partial charge >= 0.3 is 5.97 Å². The summed E-state index contributed by atoms with van der Waals surface area (Å²) in [6, 6.07) is 6.43. The van der Waals surface area contributed by atoms with Gasteiger partial charge in [-0.3, -0.25) is 4.79 Å². The van der Waals surface area contributed by atoms with E-state index >= 15 is 0 Å². The van der Waals surface area contributed by atoms with Gasteiger partial charge in [0, 0.05) is 28.5 Å². The van der Waals surface area contributed by atoms with Gasteiger partial charge in [0.1, 0.15) is 29.1 Å². The maximum Gasteiger partial charge on any atom is 0.337 e. The van der Waals surface area contributed by atoms with Crippen molar-refractivity contribution >= 4 is 17.6 Å². The molecule has 0 aliphatic heterocycles. The molecule has 3 aromatic rings. The average Bonchev–Trinajstić information content (AvgIpc) is 2.71. The van der Waals surface area contributed by atoms with E-state index in [1.165, 1.54) is 32.2 Å². The minimum absolute atomic E-state index is 0.000125. The summed E-state index contributed by atoms with van der Waals surface area (Å²) < 4.78 is 51.9. The Bertz CT molecular complexity index is 1190. The van der Waals surface area contributed by atoms with Crippen molar-refractivity contribution in [2.75, 3.05) is 7.11 Å². The Labute approximate surface area is 174 Å². The van der Waals surface area contributed by atoms with E-state index in [-0.39, 0.29) is 38.7 Å². The van der Waals surface area contributed by atoms with E-state index in [4.69, 9.17) is 16.3 Å². The van der Waals surface area contributed by atoms with Gasteiger partial charge in [-0.25, -0.2) is 18.0 Å². The molecule has 1 N–H and O–H groups in total. The Kier molecular flexibility index (Phi) is 6.17. The molecule has 30 heavy (non-hydrogen) atoms. The number of carbonyl (C=O) groups is 1. The van der Waals surface area contributed by atoms with E-state index in [0.29, 0.717) is 6.07 Å². The molecule has 0 aliphatic carbocycles. The van der Waals surface area contributed by atoms with Crippen molar-refractivity contribution in [1.82, 2.24) is 4.98 Å². The van der Waals surface area contributed by atoms with Gasteiger partial charge in [-0.05, 0) is 37.3 Å². The summed E-state index contributed by atoms with van der Waals surface area (Å²) in [4.78, 5) is 26.4. The van der Waals surface area contributed by atoms with Gasteiger partial charge in [0.25, 0.3) is 5.56 Å². The number of rotatable bonds is 5. The highest BCUT2D eigenvalue weighted by Crippen LogP contribution is 2.38. The zero-order valence-electron chi connectivity index (χ0n) is 15.8. The third-order valence-corrected chi connectivity index (χ3v) is 4.69. The van der Waals surface area contributed by atoms with Crippen LogP contribution in [0.25, 0.3) is 11.1 Å². The number of methoxy groups -OCH3 is 1. The fourth-order valence-electron chi connectivity index (χ4n) is 2.88. The summed E-state index contributed by atoms with van der Waals surface area (Å²) in [6.45, 7) is 1.09. The van der Waals surface area contributed by atoms with Crippen LogP contribution in [-0.4, -0.2) is 18.1 Å². The molecule has 0 unspecified atom stereocenters. The molecule has 0 saturated heterocycles. The monoisotopic (exact) mass is 437 g/mol. The van der Waals surface area contributed by atoms with Crippen LogP contribution in [-0.2, 0) is 11.3 Å². The maximum absolute atomic E-state index is 14.6. The number of pyridine rings is 1. The first-order valence-electron chi connectivity index (χ1n) is 8.60. The Morgan fingerprint density at radius 2 is 1.83 bits per heavy atom. The van der Waals surface area contributed by atoms with Gasteiger partial charge in [0.05, 0.1) is 12.7 Å². The third-order valence-electron chi connectivity index (χ3n) is 4.35. The Morgan fingerprint density at radius 3 is 2.50 bits per heavy atom. The van der Waals surface area contributed by atoms with Gasteiger partial charge in [-0.2, -0.15) is 0 Å². The molecule has 0 saturated carbocycles. The number of hydrogen-bond donors (Lipinski definition) is 1. The summed E-state index contributed by atoms with van der Waals surface area (Å²) in [5.41, 5.74) is -0.434. The Hall–Kier alpha value is -3.26. The minimum atomic E-state index is -0.854. The molecular formula is C21H15ClF3NO4. The van der Waals surface area contributed by atoms with E-state index < -0.39 is 35.6 Å². The Balaban J connectivity index is 2.13. The average molecular weight is 438 g/mol. The largest absolute Gasteiger partial charge is 0.486 e. The molecule has 0 fully saturated rings. The van der Waals surface area contributed by atoms with Crippen LogP contribution in [0.1, 0.15) is 21.6 Å². The summed E-state index contributed by atoms with van der Waals surface area (Å²) >= 11 is 6.10.